The fourth-order valence-corrected chi connectivity index (χ4v) is 7.56. The SMILES string of the molecule is Fc1c(F)c(F)c(-c2c3nc(c(-c4c(F)c(F)c(F)c(F)c4F)c4ccc([nH]4)c(-c4c(F)c(F)c(F)c(F)c4F)c4nc(c(-c5c(F)c(F)c(F)c(F)c5F)c5ccc2[nH]5)C=C4)C=C3)c(F)c1F.[Cl][Fe]([Cl])[Cl]. The number of benzene rings is 4. The molecular weight excluding hydrogens is 1130 g/mol. The number of hydrogen-bond acceptors (Lipinski definition) is 2. The Labute approximate surface area is 402 Å². The molecule has 0 radical (unpaired) electrons. The van der Waals surface area contributed by atoms with E-state index in [4.69, 9.17) is 30.3 Å². The van der Waals surface area contributed by atoms with Crippen molar-refractivity contribution in [2.45, 2.75) is 0 Å². The molecule has 0 fully saturated rings. The normalized spacial score (nSPS) is 12.2. The van der Waals surface area contributed by atoms with Gasteiger partial charge in [0.1, 0.15) is 0 Å². The van der Waals surface area contributed by atoms with E-state index in [1.807, 2.05) is 0 Å². The molecule has 2 aliphatic heterocycles. The molecule has 8 bridgehead atoms. The molecule has 2 N–H and O–H groups in total. The molecule has 4 aromatic carbocycles. The van der Waals surface area contributed by atoms with E-state index in [2.05, 4.69) is 19.9 Å². The van der Waals surface area contributed by atoms with Crippen LogP contribution in [-0.2, 0) is 11.2 Å². The molecule has 28 heteroatoms. The molecule has 0 amide bonds. The molecular formula is C44H10Cl3F20FeN4. The van der Waals surface area contributed by atoms with E-state index in [-0.39, 0.29) is 0 Å². The Bertz CT molecular complexity index is 3190. The van der Waals surface area contributed by atoms with Crippen LogP contribution in [0.3, 0.4) is 0 Å². The summed E-state index contributed by atoms with van der Waals surface area (Å²) in [6.45, 7) is 0. The van der Waals surface area contributed by atoms with Crippen molar-refractivity contribution < 1.29 is 99.0 Å². The summed E-state index contributed by atoms with van der Waals surface area (Å²) in [7, 11) is 14.7. The number of fused-ring (bicyclic) bond motifs is 8. The van der Waals surface area contributed by atoms with Crippen molar-refractivity contribution in [3.8, 4) is 44.5 Å². The Morgan fingerprint density at radius 3 is 0.542 bits per heavy atom. The predicted octanol–water partition coefficient (Wildman–Crippen LogP) is 16.2. The van der Waals surface area contributed by atoms with Crippen LogP contribution < -0.4 is 0 Å². The van der Waals surface area contributed by atoms with Crippen molar-refractivity contribution in [1.29, 1.82) is 0 Å². The Kier molecular flexibility index (Phi) is 13.8. The second kappa shape index (κ2) is 19.1. The van der Waals surface area contributed by atoms with Crippen LogP contribution in [0.5, 0.6) is 0 Å². The van der Waals surface area contributed by atoms with Crippen molar-refractivity contribution >= 4 is 76.7 Å². The van der Waals surface area contributed by atoms with Gasteiger partial charge in [-0.25, -0.2) is 97.8 Å². The van der Waals surface area contributed by atoms with Gasteiger partial charge in [0.05, 0.1) is 45.0 Å². The number of rotatable bonds is 4. The third kappa shape index (κ3) is 8.23. The number of H-pyrrole nitrogens is 2. The maximum absolute atomic E-state index is 15.8. The van der Waals surface area contributed by atoms with Crippen molar-refractivity contribution in [2.24, 2.45) is 0 Å². The minimum absolute atomic E-state index is 0.600. The first-order chi connectivity index (χ1) is 33.8. The fraction of sp³-hybridized carbons (Fsp3) is 0. The third-order valence-corrected chi connectivity index (χ3v) is 10.6. The zero-order valence-electron chi connectivity index (χ0n) is 33.6. The van der Waals surface area contributed by atoms with Crippen molar-refractivity contribution in [3.63, 3.8) is 0 Å². The van der Waals surface area contributed by atoms with Crippen LogP contribution in [0.4, 0.5) is 87.8 Å². The van der Waals surface area contributed by atoms with E-state index in [9.17, 15) is 52.7 Å². The Morgan fingerprint density at radius 1 is 0.250 bits per heavy atom. The number of halogens is 23. The van der Waals surface area contributed by atoms with Crippen molar-refractivity contribution in [1.82, 2.24) is 19.9 Å². The Morgan fingerprint density at radius 2 is 0.389 bits per heavy atom. The van der Waals surface area contributed by atoms with E-state index in [0.29, 0.717) is 48.6 Å². The monoisotopic (exact) mass is 1130 g/mol. The van der Waals surface area contributed by atoms with E-state index < -0.39 is 217 Å². The van der Waals surface area contributed by atoms with Gasteiger partial charge < -0.3 is 9.97 Å². The third-order valence-electron chi connectivity index (χ3n) is 10.6. The molecule has 0 unspecified atom stereocenters. The summed E-state index contributed by atoms with van der Waals surface area (Å²) in [6, 6.07) is 2.51. The summed E-state index contributed by atoms with van der Waals surface area (Å²) in [5.74, 6) is -52.6. The zero-order valence-corrected chi connectivity index (χ0v) is 36.9. The van der Waals surface area contributed by atoms with E-state index in [1.165, 1.54) is 0 Å². The first-order valence-corrected chi connectivity index (χ1v) is 23.3. The molecule has 0 atom stereocenters. The Hall–Kier alpha value is -6.53. The fourth-order valence-electron chi connectivity index (χ4n) is 7.56. The summed E-state index contributed by atoms with van der Waals surface area (Å²) < 4.78 is 303. The standard InChI is InChI=1S/C44H10F20N4.3ClH.Fe/c45-25-21(26(46)34(54)41(61)33(25)53)17-9-1-2-10(65-9)18(22-27(47)35(55)42(62)36(56)28(22)48)12-5-6-14(67-12)20(24-31(51)39(59)44(64)40(60)32(24)52)16-8-7-15(68-16)19(13-4-3-11(17)66-13)23-29(49)37(57)43(63)38(58)30(23)50;;;;/h1-8,65,68H;3*1H;/q;;;;+3/p-3. The molecule has 2 aliphatic rings. The van der Waals surface area contributed by atoms with Crippen molar-refractivity contribution in [3.05, 3.63) is 163 Å². The quantitative estimate of drug-likeness (QED) is 0.0798. The number of aromatic nitrogens is 4. The minimum atomic E-state index is -2.72. The van der Waals surface area contributed by atoms with Gasteiger partial charge in [-0.2, -0.15) is 0 Å². The van der Waals surface area contributed by atoms with Crippen molar-refractivity contribution in [2.75, 3.05) is 0 Å². The summed E-state index contributed by atoms with van der Waals surface area (Å²) in [5.41, 5.74) is -20.5. The molecule has 0 spiro atoms. The number of nitrogens with one attached hydrogen (secondary N) is 2. The maximum atomic E-state index is 15.8. The average molecular weight is 1140 g/mol. The number of nitrogens with zero attached hydrogens (tertiary/aromatic N) is 2. The van der Waals surface area contributed by atoms with Crippen LogP contribution in [0.2, 0.25) is 0 Å². The molecule has 375 valence electrons. The van der Waals surface area contributed by atoms with Gasteiger partial charge in [-0.05, 0) is 48.6 Å². The van der Waals surface area contributed by atoms with Gasteiger partial charge in [0.25, 0.3) is 0 Å². The molecule has 5 heterocycles. The van der Waals surface area contributed by atoms with Crippen LogP contribution in [0.1, 0.15) is 22.8 Å². The molecule has 7 aromatic rings. The topological polar surface area (TPSA) is 57.4 Å². The van der Waals surface area contributed by atoms with Crippen LogP contribution >= 0.6 is 30.3 Å². The number of aromatic amines is 2. The Balaban J connectivity index is 0.00000167. The first-order valence-electron chi connectivity index (χ1n) is 18.7. The second-order valence-corrected chi connectivity index (χ2v) is 19.9. The molecule has 0 saturated carbocycles. The van der Waals surface area contributed by atoms with E-state index >= 15 is 35.1 Å². The molecule has 0 aliphatic carbocycles. The number of hydrogen-bond donors (Lipinski definition) is 2. The van der Waals surface area contributed by atoms with Crippen LogP contribution in [0.25, 0.3) is 90.9 Å². The summed E-state index contributed by atoms with van der Waals surface area (Å²) in [5, 5.41) is 0. The summed E-state index contributed by atoms with van der Waals surface area (Å²) in [4.78, 5) is 12.3. The predicted molar refractivity (Wildman–Crippen MR) is 217 cm³/mol. The van der Waals surface area contributed by atoms with Crippen LogP contribution in [-0.4, -0.2) is 19.9 Å². The zero-order chi connectivity index (χ0) is 52.8. The van der Waals surface area contributed by atoms with Gasteiger partial charge in [0.15, 0.2) is 93.1 Å². The summed E-state index contributed by atoms with van der Waals surface area (Å²) >= 11 is -1.33. The molecule has 9 rings (SSSR count). The second-order valence-electron chi connectivity index (χ2n) is 14.4. The van der Waals surface area contributed by atoms with Crippen LogP contribution in [0, 0.1) is 116 Å². The van der Waals surface area contributed by atoms with Gasteiger partial charge in [-0.3, -0.25) is 0 Å². The molecule has 72 heavy (non-hydrogen) atoms. The first kappa shape index (κ1) is 51.8. The molecule has 3 aromatic heterocycles. The van der Waals surface area contributed by atoms with Gasteiger partial charge in [-0.1, -0.05) is 0 Å². The average Bonchev–Trinajstić information content (AvgIpc) is 4.21. The van der Waals surface area contributed by atoms with Gasteiger partial charge >= 0.3 is 41.5 Å². The summed E-state index contributed by atoms with van der Waals surface area (Å²) in [6.07, 6.45) is 2.40. The van der Waals surface area contributed by atoms with Crippen LogP contribution in [0.15, 0.2) is 24.3 Å². The van der Waals surface area contributed by atoms with Gasteiger partial charge in [-0.15, -0.1) is 0 Å². The van der Waals surface area contributed by atoms with Gasteiger partial charge in [0, 0.05) is 44.3 Å². The van der Waals surface area contributed by atoms with E-state index in [1.54, 1.807) is 0 Å². The van der Waals surface area contributed by atoms with Gasteiger partial charge in [0.2, 0.25) is 23.3 Å². The molecule has 4 nitrogen and oxygen atoms in total. The molecule has 0 saturated heterocycles. The van der Waals surface area contributed by atoms with E-state index in [0.717, 1.165) is 0 Å².